The molecule has 2 aliphatic rings. The van der Waals surface area contributed by atoms with Crippen molar-refractivity contribution < 1.29 is 23.7 Å². The number of pyridine rings is 1. The summed E-state index contributed by atoms with van der Waals surface area (Å²) in [6.07, 6.45) is 4.18. The number of nitrogens with one attached hydrogen (secondary N) is 1. The first-order valence-corrected chi connectivity index (χ1v) is 12.4. The SMILES string of the molecule is COCCOc1cc(C(=O)NC2CCCN(C(C)C)C2)nc2c(OC[C@H]3CCCO3)cccc12. The summed E-state index contributed by atoms with van der Waals surface area (Å²) in [5.41, 5.74) is 0.947. The number of ether oxygens (including phenoxy) is 4. The van der Waals surface area contributed by atoms with E-state index in [0.29, 0.717) is 48.6 Å². The Kier molecular flexibility index (Phi) is 8.59. The highest BCUT2D eigenvalue weighted by Crippen LogP contribution is 2.32. The maximum Gasteiger partial charge on any atom is 0.270 e. The van der Waals surface area contributed by atoms with Gasteiger partial charge < -0.3 is 24.3 Å². The van der Waals surface area contributed by atoms with Gasteiger partial charge in [0.2, 0.25) is 0 Å². The van der Waals surface area contributed by atoms with Gasteiger partial charge >= 0.3 is 0 Å². The van der Waals surface area contributed by atoms with Gasteiger partial charge in [0.15, 0.2) is 0 Å². The number of nitrogens with zero attached hydrogens (tertiary/aromatic N) is 2. The number of aromatic nitrogens is 1. The highest BCUT2D eigenvalue weighted by atomic mass is 16.5. The predicted octanol–water partition coefficient (Wildman–Crippen LogP) is 3.42. The molecule has 2 saturated heterocycles. The molecule has 0 aliphatic carbocycles. The van der Waals surface area contributed by atoms with E-state index < -0.39 is 0 Å². The molecule has 0 radical (unpaired) electrons. The molecule has 1 aromatic carbocycles. The van der Waals surface area contributed by atoms with Crippen LogP contribution >= 0.6 is 0 Å². The van der Waals surface area contributed by atoms with E-state index in [2.05, 4.69) is 24.1 Å². The number of benzene rings is 1. The summed E-state index contributed by atoms with van der Waals surface area (Å²) in [6.45, 7) is 8.37. The molecule has 2 atom stereocenters. The van der Waals surface area contributed by atoms with Crippen molar-refractivity contribution >= 4 is 16.8 Å². The van der Waals surface area contributed by atoms with Crippen molar-refractivity contribution in [2.45, 2.75) is 57.7 Å². The van der Waals surface area contributed by atoms with Gasteiger partial charge in [0.1, 0.15) is 35.9 Å². The van der Waals surface area contributed by atoms with Crippen LogP contribution in [0.25, 0.3) is 10.9 Å². The Bertz CT molecular complexity index is 961. The zero-order valence-electron chi connectivity index (χ0n) is 20.5. The Hall–Kier alpha value is -2.42. The molecule has 186 valence electrons. The first-order valence-electron chi connectivity index (χ1n) is 12.4. The Morgan fingerprint density at radius 3 is 2.85 bits per heavy atom. The van der Waals surface area contributed by atoms with E-state index in [4.69, 9.17) is 23.9 Å². The van der Waals surface area contributed by atoms with Crippen LogP contribution in [0.15, 0.2) is 24.3 Å². The molecule has 4 rings (SSSR count). The fourth-order valence-electron chi connectivity index (χ4n) is 4.59. The molecule has 1 aromatic heterocycles. The highest BCUT2D eigenvalue weighted by Gasteiger charge is 2.25. The minimum Gasteiger partial charge on any atom is -0.490 e. The molecule has 1 amide bonds. The molecule has 0 spiro atoms. The molecule has 8 nitrogen and oxygen atoms in total. The van der Waals surface area contributed by atoms with Gasteiger partial charge in [-0.15, -0.1) is 0 Å². The molecule has 2 fully saturated rings. The number of carbonyl (C=O) groups excluding carboxylic acids is 1. The first kappa shape index (κ1) is 24.7. The van der Waals surface area contributed by atoms with E-state index >= 15 is 0 Å². The smallest absolute Gasteiger partial charge is 0.270 e. The van der Waals surface area contributed by atoms with E-state index in [9.17, 15) is 4.79 Å². The number of likely N-dealkylation sites (tertiary alicyclic amines) is 1. The van der Waals surface area contributed by atoms with Crippen molar-refractivity contribution in [1.29, 1.82) is 0 Å². The molecule has 8 heteroatoms. The molecular formula is C26H37N3O5. The van der Waals surface area contributed by atoms with E-state index in [0.717, 1.165) is 50.8 Å². The second kappa shape index (κ2) is 11.8. The number of carbonyl (C=O) groups is 1. The standard InChI is InChI=1S/C26H37N3O5/c1-18(2)29-11-5-7-19(16-29)27-26(30)22-15-24(33-14-13-31-3)21-9-4-10-23(25(21)28-22)34-17-20-8-6-12-32-20/h4,9-10,15,18-20H,5-8,11-14,16-17H2,1-3H3,(H,27,30)/t19?,20-/m1/s1. The fraction of sp³-hybridized carbons (Fsp3) is 0.615. The third kappa shape index (κ3) is 6.17. The fourth-order valence-corrected chi connectivity index (χ4v) is 4.59. The van der Waals surface area contributed by atoms with Crippen LogP contribution < -0.4 is 14.8 Å². The lowest BCUT2D eigenvalue weighted by Gasteiger charge is -2.35. The van der Waals surface area contributed by atoms with Gasteiger partial charge in [-0.05, 0) is 58.2 Å². The van der Waals surface area contributed by atoms with Crippen molar-refractivity contribution in [2.24, 2.45) is 0 Å². The predicted molar refractivity (Wildman–Crippen MR) is 131 cm³/mol. The number of rotatable bonds is 10. The summed E-state index contributed by atoms with van der Waals surface area (Å²) in [5.74, 6) is 1.04. The van der Waals surface area contributed by atoms with Crippen molar-refractivity contribution in [3.8, 4) is 11.5 Å². The Morgan fingerprint density at radius 1 is 1.21 bits per heavy atom. The van der Waals surface area contributed by atoms with Crippen LogP contribution in [0.3, 0.4) is 0 Å². The van der Waals surface area contributed by atoms with Crippen molar-refractivity contribution in [2.75, 3.05) is 46.6 Å². The number of piperidine rings is 1. The maximum atomic E-state index is 13.3. The largest absolute Gasteiger partial charge is 0.490 e. The second-order valence-electron chi connectivity index (χ2n) is 9.35. The average molecular weight is 472 g/mol. The number of para-hydroxylation sites is 1. The number of hydrogen-bond donors (Lipinski definition) is 1. The van der Waals surface area contributed by atoms with Crippen LogP contribution in [0.5, 0.6) is 11.5 Å². The lowest BCUT2D eigenvalue weighted by Crippen LogP contribution is -2.49. The summed E-state index contributed by atoms with van der Waals surface area (Å²) < 4.78 is 22.9. The van der Waals surface area contributed by atoms with Crippen LogP contribution in [-0.4, -0.2) is 80.6 Å². The third-order valence-corrected chi connectivity index (χ3v) is 6.51. The van der Waals surface area contributed by atoms with Crippen LogP contribution in [0.2, 0.25) is 0 Å². The molecule has 1 unspecified atom stereocenters. The topological polar surface area (TPSA) is 82.2 Å². The van der Waals surface area contributed by atoms with E-state index in [-0.39, 0.29) is 18.1 Å². The lowest BCUT2D eigenvalue weighted by molar-refractivity contribution is 0.0684. The minimum absolute atomic E-state index is 0.0920. The monoisotopic (exact) mass is 471 g/mol. The van der Waals surface area contributed by atoms with Gasteiger partial charge in [-0.2, -0.15) is 0 Å². The van der Waals surface area contributed by atoms with Crippen LogP contribution in [0, 0.1) is 0 Å². The van der Waals surface area contributed by atoms with Crippen LogP contribution in [-0.2, 0) is 9.47 Å². The Labute approximate surface area is 201 Å². The van der Waals surface area contributed by atoms with Crippen molar-refractivity contribution in [3.63, 3.8) is 0 Å². The normalized spacial score (nSPS) is 21.2. The van der Waals surface area contributed by atoms with Gasteiger partial charge in [-0.1, -0.05) is 6.07 Å². The summed E-state index contributed by atoms with van der Waals surface area (Å²) in [4.78, 5) is 20.4. The number of methoxy groups -OCH3 is 1. The lowest BCUT2D eigenvalue weighted by atomic mass is 10.0. The van der Waals surface area contributed by atoms with E-state index in [1.807, 2.05) is 18.2 Å². The number of hydrogen-bond acceptors (Lipinski definition) is 7. The second-order valence-corrected chi connectivity index (χ2v) is 9.35. The molecule has 2 aliphatic heterocycles. The summed E-state index contributed by atoms with van der Waals surface area (Å²) in [6, 6.07) is 8.02. The van der Waals surface area contributed by atoms with Gasteiger partial charge in [0.05, 0.1) is 12.7 Å². The third-order valence-electron chi connectivity index (χ3n) is 6.51. The zero-order valence-corrected chi connectivity index (χ0v) is 20.5. The molecule has 0 saturated carbocycles. The molecule has 1 N–H and O–H groups in total. The first-order chi connectivity index (χ1) is 16.5. The quantitative estimate of drug-likeness (QED) is 0.532. The Balaban J connectivity index is 1.58. The summed E-state index contributed by atoms with van der Waals surface area (Å²) in [5, 5.41) is 4.00. The van der Waals surface area contributed by atoms with Crippen LogP contribution in [0.1, 0.15) is 50.0 Å². The zero-order chi connectivity index (χ0) is 23.9. The van der Waals surface area contributed by atoms with Gasteiger partial charge in [0.25, 0.3) is 5.91 Å². The van der Waals surface area contributed by atoms with E-state index in [1.54, 1.807) is 13.2 Å². The van der Waals surface area contributed by atoms with Gasteiger partial charge in [0, 0.05) is 43.8 Å². The molecule has 2 aromatic rings. The molecule has 34 heavy (non-hydrogen) atoms. The van der Waals surface area contributed by atoms with E-state index in [1.165, 1.54) is 0 Å². The molecule has 0 bridgehead atoms. The van der Waals surface area contributed by atoms with Crippen molar-refractivity contribution in [3.05, 3.63) is 30.0 Å². The summed E-state index contributed by atoms with van der Waals surface area (Å²) in [7, 11) is 1.63. The maximum absolute atomic E-state index is 13.3. The molecular weight excluding hydrogens is 434 g/mol. The van der Waals surface area contributed by atoms with Crippen LogP contribution in [0.4, 0.5) is 0 Å². The van der Waals surface area contributed by atoms with Gasteiger partial charge in [-0.3, -0.25) is 9.69 Å². The number of fused-ring (bicyclic) bond motifs is 1. The average Bonchev–Trinajstić information content (AvgIpc) is 3.36. The van der Waals surface area contributed by atoms with Gasteiger partial charge in [-0.25, -0.2) is 4.98 Å². The number of amides is 1. The molecule has 3 heterocycles. The summed E-state index contributed by atoms with van der Waals surface area (Å²) >= 11 is 0. The highest BCUT2D eigenvalue weighted by molar-refractivity contribution is 5.98. The Morgan fingerprint density at radius 2 is 2.09 bits per heavy atom. The van der Waals surface area contributed by atoms with Crippen molar-refractivity contribution in [1.82, 2.24) is 15.2 Å². The minimum atomic E-state index is -0.192.